The lowest BCUT2D eigenvalue weighted by atomic mass is 10.0. The van der Waals surface area contributed by atoms with E-state index in [0.717, 1.165) is 89.9 Å². The van der Waals surface area contributed by atoms with Crippen molar-refractivity contribution in [2.75, 3.05) is 13.2 Å². The van der Waals surface area contributed by atoms with E-state index in [1.807, 2.05) is 6.08 Å². The predicted molar refractivity (Wildman–Crippen MR) is 307 cm³/mol. The van der Waals surface area contributed by atoms with Crippen LogP contribution in [0.5, 0.6) is 0 Å². The lowest BCUT2D eigenvalue weighted by molar-refractivity contribution is -0.166. The molecule has 0 radical (unpaired) electrons. The summed E-state index contributed by atoms with van der Waals surface area (Å²) in [6.07, 6.45) is 77.5. The van der Waals surface area contributed by atoms with E-state index in [2.05, 4.69) is 99.8 Å². The largest absolute Gasteiger partial charge is 0.462 e. The molecule has 1 atom stereocenters. The molecule has 0 bridgehead atoms. The number of hydrogen-bond donors (Lipinski definition) is 0. The van der Waals surface area contributed by atoms with Gasteiger partial charge in [0.2, 0.25) is 0 Å². The first-order valence-electron chi connectivity index (χ1n) is 30.1. The summed E-state index contributed by atoms with van der Waals surface area (Å²) in [5.41, 5.74) is 0. The standard InChI is InChI=1S/C65H112O6/c1-4-7-10-13-16-19-22-24-26-28-30-31-32-33-35-36-38-40-43-46-49-52-55-58-64(67)70-61-62(60-69-63(66)57-54-51-48-45-42-21-18-15-12-9-6-3)71-65(68)59-56-53-50-47-44-41-39-37-34-29-27-25-23-20-17-14-11-8-5-2/h8,11,15,17-18,20,25,27,34,37,41,44,50,53,62H,4-7,9-10,12-14,16,19,21-24,26,28-33,35-36,38-40,42-43,45-49,51-52,54-61H2,1-3H3/b11-8-,18-15-,20-17-,27-25-,37-34-,44-41-,53-50-. The Morgan fingerprint density at radius 1 is 0.296 bits per heavy atom. The van der Waals surface area contributed by atoms with Gasteiger partial charge in [-0.15, -0.1) is 0 Å². The van der Waals surface area contributed by atoms with E-state index >= 15 is 0 Å². The normalized spacial score (nSPS) is 12.7. The summed E-state index contributed by atoms with van der Waals surface area (Å²) in [6, 6.07) is 0. The summed E-state index contributed by atoms with van der Waals surface area (Å²) in [5.74, 6) is -0.994. The van der Waals surface area contributed by atoms with Gasteiger partial charge in [-0.1, -0.05) is 279 Å². The maximum absolute atomic E-state index is 12.8. The number of carbonyl (C=O) groups is 3. The first kappa shape index (κ1) is 67.6. The number of hydrogen-bond acceptors (Lipinski definition) is 6. The smallest absolute Gasteiger partial charge is 0.306 e. The van der Waals surface area contributed by atoms with E-state index in [1.54, 1.807) is 0 Å². The summed E-state index contributed by atoms with van der Waals surface area (Å²) in [4.78, 5) is 38.1. The van der Waals surface area contributed by atoms with E-state index in [9.17, 15) is 14.4 Å². The zero-order valence-corrected chi connectivity index (χ0v) is 46.7. The molecule has 408 valence electrons. The highest BCUT2D eigenvalue weighted by Gasteiger charge is 2.19. The van der Waals surface area contributed by atoms with Crippen molar-refractivity contribution in [3.05, 3.63) is 85.1 Å². The molecule has 0 rings (SSSR count). The van der Waals surface area contributed by atoms with Crippen molar-refractivity contribution in [1.82, 2.24) is 0 Å². The minimum absolute atomic E-state index is 0.107. The van der Waals surface area contributed by atoms with E-state index in [4.69, 9.17) is 14.2 Å². The Morgan fingerprint density at radius 3 is 0.958 bits per heavy atom. The number of rotatable bonds is 54. The fourth-order valence-electron chi connectivity index (χ4n) is 8.39. The van der Waals surface area contributed by atoms with Gasteiger partial charge in [-0.2, -0.15) is 0 Å². The summed E-state index contributed by atoms with van der Waals surface area (Å²) in [6.45, 7) is 6.44. The number of ether oxygens (including phenoxy) is 3. The first-order chi connectivity index (χ1) is 35.0. The lowest BCUT2D eigenvalue weighted by Gasteiger charge is -2.18. The van der Waals surface area contributed by atoms with Crippen LogP contribution in [-0.4, -0.2) is 37.2 Å². The molecule has 0 fully saturated rings. The minimum atomic E-state index is -0.819. The Balaban J connectivity index is 4.36. The molecule has 0 aliphatic rings. The van der Waals surface area contributed by atoms with Gasteiger partial charge in [0.15, 0.2) is 6.10 Å². The number of allylic oxidation sites excluding steroid dienone is 14. The Bertz CT molecular complexity index is 1370. The van der Waals surface area contributed by atoms with Crippen LogP contribution in [-0.2, 0) is 28.6 Å². The lowest BCUT2D eigenvalue weighted by Crippen LogP contribution is -2.30. The van der Waals surface area contributed by atoms with Gasteiger partial charge in [0.1, 0.15) is 13.2 Å². The van der Waals surface area contributed by atoms with Crippen LogP contribution in [0, 0.1) is 0 Å². The van der Waals surface area contributed by atoms with Crippen molar-refractivity contribution in [3.63, 3.8) is 0 Å². The number of carbonyl (C=O) groups excluding carboxylic acids is 3. The average Bonchev–Trinajstić information content (AvgIpc) is 3.37. The summed E-state index contributed by atoms with van der Waals surface area (Å²) in [7, 11) is 0. The molecule has 0 saturated heterocycles. The molecule has 0 aromatic heterocycles. The summed E-state index contributed by atoms with van der Waals surface area (Å²) < 4.78 is 16.8. The van der Waals surface area contributed by atoms with Gasteiger partial charge in [-0.3, -0.25) is 14.4 Å². The molecule has 0 spiro atoms. The molecular formula is C65H112O6. The van der Waals surface area contributed by atoms with E-state index in [1.165, 1.54) is 154 Å². The van der Waals surface area contributed by atoms with Crippen LogP contribution in [0.1, 0.15) is 290 Å². The minimum Gasteiger partial charge on any atom is -0.462 e. The number of unbranched alkanes of at least 4 members (excludes halogenated alkanes) is 29. The third-order valence-electron chi connectivity index (χ3n) is 12.9. The van der Waals surface area contributed by atoms with Gasteiger partial charge in [0, 0.05) is 19.3 Å². The van der Waals surface area contributed by atoms with Crippen LogP contribution < -0.4 is 0 Å². The molecule has 0 aromatic rings. The fraction of sp³-hybridized carbons (Fsp3) is 0.738. The van der Waals surface area contributed by atoms with Gasteiger partial charge in [0.05, 0.1) is 0 Å². The van der Waals surface area contributed by atoms with Gasteiger partial charge in [-0.25, -0.2) is 0 Å². The van der Waals surface area contributed by atoms with Gasteiger partial charge in [0.25, 0.3) is 0 Å². The molecule has 1 unspecified atom stereocenters. The molecule has 71 heavy (non-hydrogen) atoms. The monoisotopic (exact) mass is 989 g/mol. The molecule has 0 heterocycles. The highest BCUT2D eigenvalue weighted by molar-refractivity contribution is 5.71. The van der Waals surface area contributed by atoms with Crippen LogP contribution in [0.15, 0.2) is 85.1 Å². The predicted octanol–water partition coefficient (Wildman–Crippen LogP) is 20.3. The molecular weight excluding hydrogens is 877 g/mol. The maximum atomic E-state index is 12.8. The van der Waals surface area contributed by atoms with Crippen LogP contribution in [0.4, 0.5) is 0 Å². The third kappa shape index (κ3) is 57.4. The Morgan fingerprint density at radius 2 is 0.592 bits per heavy atom. The SMILES string of the molecule is CC/C=C\C/C=C\C/C=C\C/C=C\C/C=C\C/C=C\CCC(=O)OC(COC(=O)CCCCCCC/C=C\CCCC)COC(=O)CCCCCCCCCCCCCCCCCCCCCCCCC. The third-order valence-corrected chi connectivity index (χ3v) is 12.9. The maximum Gasteiger partial charge on any atom is 0.306 e. The summed E-state index contributed by atoms with van der Waals surface area (Å²) in [5, 5.41) is 0. The molecule has 0 N–H and O–H groups in total. The van der Waals surface area contributed by atoms with Gasteiger partial charge in [-0.05, 0) is 77.0 Å². The van der Waals surface area contributed by atoms with Crippen molar-refractivity contribution in [3.8, 4) is 0 Å². The van der Waals surface area contributed by atoms with Crippen molar-refractivity contribution in [1.29, 1.82) is 0 Å². The molecule has 0 aliphatic heterocycles. The van der Waals surface area contributed by atoms with Crippen LogP contribution in [0.3, 0.4) is 0 Å². The van der Waals surface area contributed by atoms with E-state index in [0.29, 0.717) is 19.3 Å². The van der Waals surface area contributed by atoms with Crippen LogP contribution in [0.25, 0.3) is 0 Å². The molecule has 0 saturated carbocycles. The molecule has 0 aliphatic carbocycles. The number of esters is 3. The second kappa shape index (κ2) is 59.2. The second-order valence-electron chi connectivity index (χ2n) is 19.9. The quantitative estimate of drug-likeness (QED) is 0.0261. The Hall–Kier alpha value is -3.41. The highest BCUT2D eigenvalue weighted by atomic mass is 16.6. The molecule has 0 aromatic carbocycles. The van der Waals surface area contributed by atoms with E-state index < -0.39 is 12.1 Å². The Kier molecular flexibility index (Phi) is 56.3. The van der Waals surface area contributed by atoms with Crippen molar-refractivity contribution in [2.24, 2.45) is 0 Å². The van der Waals surface area contributed by atoms with Crippen molar-refractivity contribution >= 4 is 17.9 Å². The van der Waals surface area contributed by atoms with Gasteiger partial charge < -0.3 is 14.2 Å². The second-order valence-corrected chi connectivity index (χ2v) is 19.9. The molecule has 0 amide bonds. The zero-order chi connectivity index (χ0) is 51.4. The fourth-order valence-corrected chi connectivity index (χ4v) is 8.39. The van der Waals surface area contributed by atoms with Crippen LogP contribution >= 0.6 is 0 Å². The highest BCUT2D eigenvalue weighted by Crippen LogP contribution is 2.17. The van der Waals surface area contributed by atoms with E-state index in [-0.39, 0.29) is 31.6 Å². The van der Waals surface area contributed by atoms with Crippen LogP contribution in [0.2, 0.25) is 0 Å². The topological polar surface area (TPSA) is 78.9 Å². The Labute approximate surface area is 439 Å². The van der Waals surface area contributed by atoms with Crippen molar-refractivity contribution < 1.29 is 28.6 Å². The average molecular weight is 990 g/mol. The summed E-state index contributed by atoms with van der Waals surface area (Å²) >= 11 is 0. The zero-order valence-electron chi connectivity index (χ0n) is 46.7. The van der Waals surface area contributed by atoms with Gasteiger partial charge >= 0.3 is 17.9 Å². The first-order valence-corrected chi connectivity index (χ1v) is 30.1. The molecule has 6 nitrogen and oxygen atoms in total. The van der Waals surface area contributed by atoms with Crippen molar-refractivity contribution in [2.45, 2.75) is 297 Å². The molecule has 6 heteroatoms.